The summed E-state index contributed by atoms with van der Waals surface area (Å²) in [5.41, 5.74) is 7.53. The third-order valence-electron chi connectivity index (χ3n) is 2.85. The molecular weight excluding hydrogens is 216 g/mol. The Morgan fingerprint density at radius 2 is 2.24 bits per heavy atom. The molecule has 0 heterocycles. The van der Waals surface area contributed by atoms with E-state index in [4.69, 9.17) is 10.8 Å². The van der Waals surface area contributed by atoms with E-state index >= 15 is 0 Å². The number of aliphatic carboxylic acids is 1. The zero-order chi connectivity index (χ0) is 12.8. The molecule has 1 aromatic rings. The van der Waals surface area contributed by atoms with Crippen LogP contribution < -0.4 is 10.6 Å². The van der Waals surface area contributed by atoms with Crippen molar-refractivity contribution in [3.63, 3.8) is 0 Å². The smallest absolute Gasteiger partial charge is 0.303 e. The molecule has 0 amide bonds. The first-order chi connectivity index (χ1) is 8.04. The summed E-state index contributed by atoms with van der Waals surface area (Å²) >= 11 is 0. The molecule has 1 rings (SSSR count). The van der Waals surface area contributed by atoms with Gasteiger partial charge in [-0.2, -0.15) is 0 Å². The fourth-order valence-corrected chi connectivity index (χ4v) is 1.94. The molecule has 4 nitrogen and oxygen atoms in total. The average Bonchev–Trinajstić information content (AvgIpc) is 2.27. The summed E-state index contributed by atoms with van der Waals surface area (Å²) in [5, 5.41) is 8.69. The van der Waals surface area contributed by atoms with Crippen LogP contribution >= 0.6 is 0 Å². The predicted octanol–water partition coefficient (Wildman–Crippen LogP) is 2.35. The first kappa shape index (κ1) is 13.4. The Morgan fingerprint density at radius 3 is 2.76 bits per heavy atom. The van der Waals surface area contributed by atoms with Gasteiger partial charge in [-0.15, -0.1) is 0 Å². The molecule has 4 heteroatoms. The number of hydrogen-bond acceptors (Lipinski definition) is 3. The van der Waals surface area contributed by atoms with Crippen molar-refractivity contribution in [2.24, 2.45) is 0 Å². The van der Waals surface area contributed by atoms with Crippen LogP contribution in [0.2, 0.25) is 0 Å². The molecule has 0 radical (unpaired) electrons. The number of hydrogen-bond donors (Lipinski definition) is 2. The second kappa shape index (κ2) is 6.13. The topological polar surface area (TPSA) is 66.6 Å². The van der Waals surface area contributed by atoms with E-state index in [1.807, 2.05) is 31.2 Å². The SMILES string of the molecule is CCN(c1cccc(N)c1)C(C)CCC(=O)O. The molecule has 1 atom stereocenters. The Hall–Kier alpha value is -1.71. The molecule has 0 aliphatic heterocycles. The maximum absolute atomic E-state index is 10.6. The van der Waals surface area contributed by atoms with Gasteiger partial charge in [-0.25, -0.2) is 0 Å². The van der Waals surface area contributed by atoms with Gasteiger partial charge in [-0.1, -0.05) is 6.07 Å². The molecule has 0 fully saturated rings. The molecule has 3 N–H and O–H groups in total. The largest absolute Gasteiger partial charge is 0.481 e. The summed E-state index contributed by atoms with van der Waals surface area (Å²) in [6.45, 7) is 4.93. The Kier molecular flexibility index (Phi) is 4.82. The highest BCUT2D eigenvalue weighted by atomic mass is 16.4. The van der Waals surface area contributed by atoms with E-state index in [1.165, 1.54) is 0 Å². The van der Waals surface area contributed by atoms with Crippen molar-refractivity contribution in [3.8, 4) is 0 Å². The van der Waals surface area contributed by atoms with Crippen LogP contribution in [0.3, 0.4) is 0 Å². The molecule has 0 aliphatic carbocycles. The maximum atomic E-state index is 10.6. The number of anilines is 2. The van der Waals surface area contributed by atoms with Crippen molar-refractivity contribution in [3.05, 3.63) is 24.3 Å². The van der Waals surface area contributed by atoms with Crippen molar-refractivity contribution in [1.29, 1.82) is 0 Å². The van der Waals surface area contributed by atoms with E-state index in [9.17, 15) is 4.79 Å². The molecule has 0 saturated heterocycles. The predicted molar refractivity (Wildman–Crippen MR) is 70.2 cm³/mol. The summed E-state index contributed by atoms with van der Waals surface area (Å²) in [4.78, 5) is 12.7. The average molecular weight is 236 g/mol. The number of carboxylic acid groups (broad SMARTS) is 1. The molecule has 0 aromatic heterocycles. The van der Waals surface area contributed by atoms with Gasteiger partial charge in [0.1, 0.15) is 0 Å². The van der Waals surface area contributed by atoms with E-state index < -0.39 is 5.97 Å². The Bertz CT molecular complexity index is 379. The fourth-order valence-electron chi connectivity index (χ4n) is 1.94. The molecule has 0 saturated carbocycles. The highest BCUT2D eigenvalue weighted by Gasteiger charge is 2.14. The van der Waals surface area contributed by atoms with Crippen LogP contribution in [0, 0.1) is 0 Å². The first-order valence-electron chi connectivity index (χ1n) is 5.88. The molecule has 1 aromatic carbocycles. The van der Waals surface area contributed by atoms with E-state index in [1.54, 1.807) is 0 Å². The van der Waals surface area contributed by atoms with Gasteiger partial charge in [-0.3, -0.25) is 4.79 Å². The number of nitrogen functional groups attached to an aromatic ring is 1. The highest BCUT2D eigenvalue weighted by Crippen LogP contribution is 2.21. The van der Waals surface area contributed by atoms with E-state index in [0.29, 0.717) is 6.42 Å². The number of rotatable bonds is 6. The van der Waals surface area contributed by atoms with Crippen LogP contribution in [0.25, 0.3) is 0 Å². The van der Waals surface area contributed by atoms with Gasteiger partial charge in [0.25, 0.3) is 0 Å². The Morgan fingerprint density at radius 1 is 1.53 bits per heavy atom. The van der Waals surface area contributed by atoms with Gasteiger partial charge < -0.3 is 15.7 Å². The third kappa shape index (κ3) is 3.98. The minimum Gasteiger partial charge on any atom is -0.481 e. The minimum atomic E-state index is -0.750. The standard InChI is InChI=1S/C13H20N2O2/c1-3-15(10(2)7-8-13(16)17)12-6-4-5-11(14)9-12/h4-6,9-10H,3,7-8,14H2,1-2H3,(H,16,17). The zero-order valence-corrected chi connectivity index (χ0v) is 10.4. The van der Waals surface area contributed by atoms with Crippen LogP contribution in [0.5, 0.6) is 0 Å². The lowest BCUT2D eigenvalue weighted by Gasteiger charge is -2.30. The Labute approximate surface area is 102 Å². The Balaban J connectivity index is 2.73. The first-order valence-corrected chi connectivity index (χ1v) is 5.88. The van der Waals surface area contributed by atoms with Crippen LogP contribution in [-0.2, 0) is 4.79 Å². The van der Waals surface area contributed by atoms with Gasteiger partial charge >= 0.3 is 5.97 Å². The van der Waals surface area contributed by atoms with Crippen LogP contribution in [0.4, 0.5) is 11.4 Å². The lowest BCUT2D eigenvalue weighted by Crippen LogP contribution is -2.33. The van der Waals surface area contributed by atoms with Gasteiger partial charge in [-0.05, 0) is 38.5 Å². The number of nitrogens with zero attached hydrogens (tertiary/aromatic N) is 1. The molecule has 17 heavy (non-hydrogen) atoms. The lowest BCUT2D eigenvalue weighted by atomic mass is 10.1. The van der Waals surface area contributed by atoms with Gasteiger partial charge in [0, 0.05) is 30.4 Å². The van der Waals surface area contributed by atoms with Crippen molar-refractivity contribution in [1.82, 2.24) is 0 Å². The van der Waals surface area contributed by atoms with Gasteiger partial charge in [0.15, 0.2) is 0 Å². The summed E-state index contributed by atoms with van der Waals surface area (Å²) in [6, 6.07) is 7.87. The summed E-state index contributed by atoms with van der Waals surface area (Å²) in [5.74, 6) is -0.750. The van der Waals surface area contributed by atoms with Crippen molar-refractivity contribution in [2.45, 2.75) is 32.7 Å². The zero-order valence-electron chi connectivity index (χ0n) is 10.4. The van der Waals surface area contributed by atoms with E-state index in [0.717, 1.165) is 17.9 Å². The van der Waals surface area contributed by atoms with Gasteiger partial charge in [0.05, 0.1) is 0 Å². The third-order valence-corrected chi connectivity index (χ3v) is 2.85. The number of nitrogens with two attached hydrogens (primary N) is 1. The summed E-state index contributed by atoms with van der Waals surface area (Å²) in [6.07, 6.45) is 0.831. The molecule has 94 valence electrons. The van der Waals surface area contributed by atoms with Crippen LogP contribution in [0.15, 0.2) is 24.3 Å². The van der Waals surface area contributed by atoms with E-state index in [2.05, 4.69) is 11.8 Å². The molecule has 1 unspecified atom stereocenters. The van der Waals surface area contributed by atoms with Crippen molar-refractivity contribution < 1.29 is 9.90 Å². The van der Waals surface area contributed by atoms with Gasteiger partial charge in [0.2, 0.25) is 0 Å². The van der Waals surface area contributed by atoms with E-state index in [-0.39, 0.29) is 12.5 Å². The summed E-state index contributed by atoms with van der Waals surface area (Å²) in [7, 11) is 0. The fraction of sp³-hybridized carbons (Fsp3) is 0.462. The minimum absolute atomic E-state index is 0.192. The van der Waals surface area contributed by atoms with Crippen molar-refractivity contribution >= 4 is 17.3 Å². The van der Waals surface area contributed by atoms with Crippen LogP contribution in [-0.4, -0.2) is 23.7 Å². The van der Waals surface area contributed by atoms with Crippen molar-refractivity contribution in [2.75, 3.05) is 17.2 Å². The maximum Gasteiger partial charge on any atom is 0.303 e. The number of carbonyl (C=O) groups is 1. The lowest BCUT2D eigenvalue weighted by molar-refractivity contribution is -0.137. The molecular formula is C13H20N2O2. The summed E-state index contributed by atoms with van der Waals surface area (Å²) < 4.78 is 0. The second-order valence-corrected chi connectivity index (χ2v) is 4.16. The second-order valence-electron chi connectivity index (χ2n) is 4.16. The quantitative estimate of drug-likeness (QED) is 0.744. The molecule has 0 aliphatic rings. The monoisotopic (exact) mass is 236 g/mol. The number of benzene rings is 1. The molecule has 0 spiro atoms. The van der Waals surface area contributed by atoms with Crippen LogP contribution in [0.1, 0.15) is 26.7 Å². The number of carboxylic acids is 1. The highest BCUT2D eigenvalue weighted by molar-refractivity contribution is 5.66. The molecule has 0 bridgehead atoms. The normalized spacial score (nSPS) is 12.1.